The maximum atomic E-state index is 14.2. The van der Waals surface area contributed by atoms with E-state index in [1.165, 1.54) is 5.39 Å². The summed E-state index contributed by atoms with van der Waals surface area (Å²) in [5, 5.41) is 2.33. The summed E-state index contributed by atoms with van der Waals surface area (Å²) in [7, 11) is 1.70. The minimum Gasteiger partial charge on any atom is -0.490 e. The smallest absolute Gasteiger partial charge is 0.175 e. The Hall–Kier alpha value is -3.42. The monoisotopic (exact) mass is 699 g/mol. The Morgan fingerprint density at radius 3 is 2.13 bits per heavy atom. The fourth-order valence-corrected chi connectivity index (χ4v) is 8.35. The van der Waals surface area contributed by atoms with Crippen LogP contribution in [0, 0.1) is 17.8 Å². The number of hydrogen-bond donors (Lipinski definition) is 0. The maximum Gasteiger partial charge on any atom is 0.175 e. The van der Waals surface area contributed by atoms with Crippen molar-refractivity contribution in [2.24, 2.45) is 10.8 Å². The third-order valence-corrected chi connectivity index (χ3v) is 10.4. The standard InChI is InChI=1S/C40H46BrNO5/c1-8-46-34-18-26(17-29(41)38(34)47-23-28-24(2)13-14-25-11-9-10-12-27(25)28)35-36-30(19-39(3,4)21-32(36)43)42(15-16-45-7)31-20-40(5,6)22-33(44)37(31)35/h9-14,17-18,35H,8,15-16,19-23H2,1-7H3. The molecule has 2 aliphatic carbocycles. The van der Waals surface area contributed by atoms with Crippen molar-refractivity contribution in [2.45, 2.75) is 79.8 Å². The molecule has 0 unspecified atom stereocenters. The number of hydrogen-bond acceptors (Lipinski definition) is 6. The predicted molar refractivity (Wildman–Crippen MR) is 190 cm³/mol. The number of fused-ring (bicyclic) bond motifs is 1. The first-order chi connectivity index (χ1) is 22.3. The minimum absolute atomic E-state index is 0.105. The van der Waals surface area contributed by atoms with Crippen LogP contribution in [-0.2, 0) is 20.9 Å². The summed E-state index contributed by atoms with van der Waals surface area (Å²) in [5.41, 5.74) is 6.30. The molecule has 6 nitrogen and oxygen atoms in total. The third kappa shape index (κ3) is 6.41. The third-order valence-electron chi connectivity index (χ3n) is 9.84. The molecule has 0 bridgehead atoms. The fourth-order valence-electron chi connectivity index (χ4n) is 7.77. The van der Waals surface area contributed by atoms with Crippen LogP contribution in [0.5, 0.6) is 11.5 Å². The second-order valence-electron chi connectivity index (χ2n) is 14.8. The number of nitrogens with zero attached hydrogens (tertiary/aromatic N) is 1. The zero-order valence-corrected chi connectivity index (χ0v) is 30.3. The van der Waals surface area contributed by atoms with Crippen LogP contribution in [0.2, 0.25) is 0 Å². The number of carbonyl (C=O) groups excluding carboxylic acids is 2. The largest absolute Gasteiger partial charge is 0.490 e. The Labute approximate surface area is 287 Å². The van der Waals surface area contributed by atoms with Gasteiger partial charge in [0.1, 0.15) is 6.61 Å². The highest BCUT2D eigenvalue weighted by Gasteiger charge is 2.49. The first kappa shape index (κ1) is 33.5. The van der Waals surface area contributed by atoms with Crippen LogP contribution in [-0.4, -0.2) is 43.3 Å². The molecule has 3 aliphatic rings. The molecule has 248 valence electrons. The van der Waals surface area contributed by atoms with Gasteiger partial charge >= 0.3 is 0 Å². The van der Waals surface area contributed by atoms with E-state index in [0.29, 0.717) is 50.7 Å². The van der Waals surface area contributed by atoms with Crippen molar-refractivity contribution in [1.29, 1.82) is 0 Å². The second kappa shape index (κ2) is 12.9. The summed E-state index contributed by atoms with van der Waals surface area (Å²) in [5.74, 6) is 0.933. The Balaban J connectivity index is 1.49. The number of halogens is 1. The van der Waals surface area contributed by atoms with Crippen LogP contribution in [0.15, 0.2) is 75.5 Å². The van der Waals surface area contributed by atoms with Gasteiger partial charge in [0.25, 0.3) is 0 Å². The van der Waals surface area contributed by atoms with Crippen molar-refractivity contribution < 1.29 is 23.8 Å². The number of allylic oxidation sites excluding steroid dienone is 4. The number of benzene rings is 3. The molecule has 0 amide bonds. The topological polar surface area (TPSA) is 65.1 Å². The lowest BCUT2D eigenvalue weighted by Crippen LogP contribution is -2.45. The Morgan fingerprint density at radius 2 is 1.51 bits per heavy atom. The van der Waals surface area contributed by atoms with E-state index in [9.17, 15) is 9.59 Å². The molecule has 6 rings (SSSR count). The first-order valence-electron chi connectivity index (χ1n) is 16.7. The van der Waals surface area contributed by atoms with Crippen LogP contribution in [0.1, 0.15) is 82.9 Å². The van der Waals surface area contributed by atoms with Crippen LogP contribution in [0.25, 0.3) is 10.8 Å². The summed E-state index contributed by atoms with van der Waals surface area (Å²) < 4.78 is 19.1. The molecule has 0 saturated carbocycles. The molecule has 1 aliphatic heterocycles. The fraction of sp³-hybridized carbons (Fsp3) is 0.450. The average Bonchev–Trinajstić information content (AvgIpc) is 2.99. The lowest BCUT2D eigenvalue weighted by molar-refractivity contribution is -0.119. The van der Waals surface area contributed by atoms with E-state index in [2.05, 4.69) is 85.8 Å². The normalized spacial score (nSPS) is 19.3. The van der Waals surface area contributed by atoms with Crippen molar-refractivity contribution in [3.63, 3.8) is 0 Å². The molecule has 0 radical (unpaired) electrons. The molecule has 47 heavy (non-hydrogen) atoms. The Kier molecular flexibility index (Phi) is 9.18. The van der Waals surface area contributed by atoms with Gasteiger partial charge in [-0.25, -0.2) is 0 Å². The van der Waals surface area contributed by atoms with Crippen LogP contribution in [0.4, 0.5) is 0 Å². The Bertz CT molecular complexity index is 1760. The average molecular weight is 701 g/mol. The number of rotatable bonds is 9. The van der Waals surface area contributed by atoms with Crippen molar-refractivity contribution in [3.8, 4) is 11.5 Å². The Morgan fingerprint density at radius 1 is 0.872 bits per heavy atom. The molecule has 0 aromatic heterocycles. The van der Waals surface area contributed by atoms with Gasteiger partial charge < -0.3 is 19.1 Å². The van der Waals surface area contributed by atoms with Crippen molar-refractivity contribution >= 4 is 38.3 Å². The number of Topliss-reactive ketones (excluding diaryl/α,β-unsaturated/α-hetero) is 2. The van der Waals surface area contributed by atoms with Crippen molar-refractivity contribution in [2.75, 3.05) is 26.9 Å². The highest BCUT2D eigenvalue weighted by atomic mass is 79.9. The molecule has 0 fully saturated rings. The lowest BCUT2D eigenvalue weighted by Gasteiger charge is -2.49. The summed E-state index contributed by atoms with van der Waals surface area (Å²) in [6, 6.07) is 16.6. The second-order valence-corrected chi connectivity index (χ2v) is 15.7. The van der Waals surface area contributed by atoms with Crippen LogP contribution >= 0.6 is 15.9 Å². The van der Waals surface area contributed by atoms with Gasteiger partial charge in [0.15, 0.2) is 23.1 Å². The molecule has 1 heterocycles. The van der Waals surface area contributed by atoms with Crippen LogP contribution in [0.3, 0.4) is 0 Å². The van der Waals surface area contributed by atoms with E-state index >= 15 is 0 Å². The minimum atomic E-state index is -0.476. The molecular weight excluding hydrogens is 654 g/mol. The van der Waals surface area contributed by atoms with E-state index in [1.54, 1.807) is 7.11 Å². The summed E-state index contributed by atoms with van der Waals surface area (Å²) in [6.07, 6.45) is 2.39. The van der Waals surface area contributed by atoms with Gasteiger partial charge in [0.05, 0.1) is 17.7 Å². The number of methoxy groups -OCH3 is 1. The van der Waals surface area contributed by atoms with E-state index < -0.39 is 5.92 Å². The van der Waals surface area contributed by atoms with Gasteiger partial charge in [-0.15, -0.1) is 0 Å². The summed E-state index contributed by atoms with van der Waals surface area (Å²) in [6.45, 7) is 14.6. The number of ketones is 2. The quantitative estimate of drug-likeness (QED) is 0.222. The zero-order chi connectivity index (χ0) is 33.7. The summed E-state index contributed by atoms with van der Waals surface area (Å²) >= 11 is 3.83. The van der Waals surface area contributed by atoms with E-state index in [1.807, 2.05) is 25.1 Å². The van der Waals surface area contributed by atoms with E-state index in [0.717, 1.165) is 61.9 Å². The van der Waals surface area contributed by atoms with E-state index in [4.69, 9.17) is 14.2 Å². The van der Waals surface area contributed by atoms with Crippen molar-refractivity contribution in [3.05, 3.63) is 92.2 Å². The highest BCUT2D eigenvalue weighted by molar-refractivity contribution is 9.10. The van der Waals surface area contributed by atoms with Gasteiger partial charge in [-0.2, -0.15) is 0 Å². The molecule has 3 aromatic carbocycles. The van der Waals surface area contributed by atoms with Gasteiger partial charge in [0, 0.05) is 60.5 Å². The zero-order valence-electron chi connectivity index (χ0n) is 28.7. The molecular formula is C40H46BrNO5. The number of carbonyl (C=O) groups is 2. The molecule has 3 aromatic rings. The molecule has 0 saturated heterocycles. The van der Waals surface area contributed by atoms with Gasteiger partial charge in [-0.05, 0) is 87.5 Å². The molecule has 0 N–H and O–H groups in total. The van der Waals surface area contributed by atoms with Crippen molar-refractivity contribution in [1.82, 2.24) is 4.90 Å². The molecule has 0 spiro atoms. The maximum absolute atomic E-state index is 14.2. The number of aryl methyl sites for hydroxylation is 1. The molecule has 0 atom stereocenters. The van der Waals surface area contributed by atoms with E-state index in [-0.39, 0.29) is 22.4 Å². The van der Waals surface area contributed by atoms with Gasteiger partial charge in [-0.1, -0.05) is 64.1 Å². The van der Waals surface area contributed by atoms with Gasteiger partial charge in [-0.3, -0.25) is 9.59 Å². The lowest BCUT2D eigenvalue weighted by atomic mass is 9.63. The summed E-state index contributed by atoms with van der Waals surface area (Å²) in [4.78, 5) is 30.7. The van der Waals surface area contributed by atoms with Crippen LogP contribution < -0.4 is 9.47 Å². The predicted octanol–water partition coefficient (Wildman–Crippen LogP) is 9.22. The van der Waals surface area contributed by atoms with Gasteiger partial charge in [0.2, 0.25) is 0 Å². The number of ether oxygens (including phenoxy) is 3. The SMILES string of the molecule is CCOc1cc(C2C3=C(CC(C)(C)CC3=O)N(CCOC)C3=C2C(=O)CC(C)(C)C3)cc(Br)c1OCc1c(C)ccc2ccccc12. The molecule has 7 heteroatoms. The first-order valence-corrected chi connectivity index (χ1v) is 17.5. The highest BCUT2D eigenvalue weighted by Crippen LogP contribution is 2.55.